The van der Waals surface area contributed by atoms with Crippen molar-refractivity contribution in [2.45, 2.75) is 38.6 Å². The van der Waals surface area contributed by atoms with Crippen LogP contribution in [0.25, 0.3) is 0 Å². The first-order valence-corrected chi connectivity index (χ1v) is 8.66. The average molecular weight is 346 g/mol. The standard InChI is InChI=1S/C18H23FN4O2/c1-12-3-2-9-22(10-8-12)18(25)15-11-16(17(20)24)23(21-15)14-6-4-13(19)5-7-14/h4-7,12,16H,2-3,8-11H2,1H3,(H2,20,24). The quantitative estimate of drug-likeness (QED) is 0.908. The van der Waals surface area contributed by atoms with Crippen LogP contribution in [0, 0.1) is 11.7 Å². The number of amides is 2. The first-order chi connectivity index (χ1) is 12.0. The molecule has 0 aromatic heterocycles. The van der Waals surface area contributed by atoms with Crippen molar-refractivity contribution in [3.8, 4) is 0 Å². The summed E-state index contributed by atoms with van der Waals surface area (Å²) in [5.74, 6) is -0.458. The Hall–Kier alpha value is -2.44. The second-order valence-electron chi connectivity index (χ2n) is 6.82. The molecular formula is C18H23FN4O2. The zero-order valence-electron chi connectivity index (χ0n) is 14.3. The van der Waals surface area contributed by atoms with Crippen LogP contribution in [-0.4, -0.2) is 41.6 Å². The highest BCUT2D eigenvalue weighted by molar-refractivity contribution is 6.40. The molecule has 2 unspecified atom stereocenters. The molecule has 1 saturated heterocycles. The third kappa shape index (κ3) is 3.81. The molecule has 6 nitrogen and oxygen atoms in total. The molecular weight excluding hydrogens is 323 g/mol. The van der Waals surface area contributed by atoms with Crippen LogP contribution in [0.5, 0.6) is 0 Å². The molecule has 0 spiro atoms. The minimum absolute atomic E-state index is 0.134. The van der Waals surface area contributed by atoms with Gasteiger partial charge in [-0.15, -0.1) is 0 Å². The lowest BCUT2D eigenvalue weighted by atomic mass is 10.0. The number of anilines is 1. The largest absolute Gasteiger partial charge is 0.368 e. The number of primary amides is 1. The molecule has 25 heavy (non-hydrogen) atoms. The smallest absolute Gasteiger partial charge is 0.270 e. The monoisotopic (exact) mass is 346 g/mol. The summed E-state index contributed by atoms with van der Waals surface area (Å²) in [6.07, 6.45) is 3.24. The Morgan fingerprint density at radius 2 is 1.92 bits per heavy atom. The predicted molar refractivity (Wildman–Crippen MR) is 93.5 cm³/mol. The zero-order chi connectivity index (χ0) is 18.0. The van der Waals surface area contributed by atoms with Gasteiger partial charge in [-0.2, -0.15) is 5.10 Å². The van der Waals surface area contributed by atoms with Gasteiger partial charge in [-0.1, -0.05) is 6.92 Å². The normalized spacial score (nSPS) is 24.0. The third-order valence-corrected chi connectivity index (χ3v) is 4.88. The molecule has 2 aliphatic rings. The van der Waals surface area contributed by atoms with Crippen LogP contribution in [0.2, 0.25) is 0 Å². The number of hydrogen-bond donors (Lipinski definition) is 1. The van der Waals surface area contributed by atoms with Crippen molar-refractivity contribution in [3.05, 3.63) is 30.1 Å². The second kappa shape index (κ2) is 7.21. The summed E-state index contributed by atoms with van der Waals surface area (Å²) in [6.45, 7) is 3.61. The van der Waals surface area contributed by atoms with Gasteiger partial charge in [0.05, 0.1) is 5.69 Å². The Labute approximate surface area is 146 Å². The number of nitrogens with two attached hydrogens (primary N) is 1. The molecule has 134 valence electrons. The van der Waals surface area contributed by atoms with Crippen LogP contribution < -0.4 is 10.7 Å². The van der Waals surface area contributed by atoms with Crippen molar-refractivity contribution in [3.63, 3.8) is 0 Å². The van der Waals surface area contributed by atoms with Gasteiger partial charge >= 0.3 is 0 Å². The maximum atomic E-state index is 13.1. The Balaban J connectivity index is 1.81. The summed E-state index contributed by atoms with van der Waals surface area (Å²) in [4.78, 5) is 26.4. The lowest BCUT2D eigenvalue weighted by Gasteiger charge is -2.20. The number of carbonyl (C=O) groups is 2. The fourth-order valence-electron chi connectivity index (χ4n) is 3.34. The minimum Gasteiger partial charge on any atom is -0.368 e. The molecule has 0 saturated carbocycles. The Morgan fingerprint density at radius 3 is 2.60 bits per heavy atom. The average Bonchev–Trinajstić information content (AvgIpc) is 2.92. The molecule has 2 aliphatic heterocycles. The second-order valence-corrected chi connectivity index (χ2v) is 6.82. The number of benzene rings is 1. The molecule has 0 aliphatic carbocycles. The van der Waals surface area contributed by atoms with Gasteiger partial charge < -0.3 is 10.6 Å². The van der Waals surface area contributed by atoms with Gasteiger partial charge in [0, 0.05) is 19.5 Å². The number of rotatable bonds is 3. The summed E-state index contributed by atoms with van der Waals surface area (Å²) in [5, 5.41) is 5.78. The van der Waals surface area contributed by atoms with Gasteiger partial charge in [0.25, 0.3) is 5.91 Å². The predicted octanol–water partition coefficient (Wildman–Crippen LogP) is 1.89. The van der Waals surface area contributed by atoms with E-state index in [1.165, 1.54) is 29.3 Å². The zero-order valence-corrected chi connectivity index (χ0v) is 14.3. The number of halogens is 1. The molecule has 0 radical (unpaired) electrons. The SMILES string of the molecule is CC1CCCN(C(=O)C2=NN(c3ccc(F)cc3)C(C(N)=O)C2)CC1. The van der Waals surface area contributed by atoms with Crippen LogP contribution in [0.1, 0.15) is 32.6 Å². The molecule has 2 amide bonds. The summed E-state index contributed by atoms with van der Waals surface area (Å²) in [6, 6.07) is 4.90. The van der Waals surface area contributed by atoms with Crippen LogP contribution in [0.15, 0.2) is 29.4 Å². The van der Waals surface area contributed by atoms with E-state index in [1.54, 1.807) is 0 Å². The van der Waals surface area contributed by atoms with Crippen molar-refractivity contribution in [1.29, 1.82) is 0 Å². The van der Waals surface area contributed by atoms with E-state index >= 15 is 0 Å². The summed E-state index contributed by atoms with van der Waals surface area (Å²) in [7, 11) is 0. The van der Waals surface area contributed by atoms with Crippen molar-refractivity contribution < 1.29 is 14.0 Å². The van der Waals surface area contributed by atoms with E-state index in [9.17, 15) is 14.0 Å². The van der Waals surface area contributed by atoms with E-state index in [-0.39, 0.29) is 18.1 Å². The molecule has 3 rings (SSSR count). The maximum Gasteiger partial charge on any atom is 0.270 e. The topological polar surface area (TPSA) is 79.0 Å². The van der Waals surface area contributed by atoms with Gasteiger partial charge in [0.2, 0.25) is 5.91 Å². The van der Waals surface area contributed by atoms with Crippen molar-refractivity contribution >= 4 is 23.2 Å². The Bertz CT molecular complexity index is 689. The third-order valence-electron chi connectivity index (χ3n) is 4.88. The van der Waals surface area contributed by atoms with Gasteiger partial charge in [-0.25, -0.2) is 4.39 Å². The van der Waals surface area contributed by atoms with Crippen molar-refractivity contribution in [2.24, 2.45) is 16.8 Å². The van der Waals surface area contributed by atoms with Crippen LogP contribution in [0.4, 0.5) is 10.1 Å². The van der Waals surface area contributed by atoms with Crippen molar-refractivity contribution in [1.82, 2.24) is 4.90 Å². The lowest BCUT2D eigenvalue weighted by Crippen LogP contribution is -2.40. The summed E-state index contributed by atoms with van der Waals surface area (Å²) < 4.78 is 13.1. The number of hydrogen-bond acceptors (Lipinski definition) is 4. The van der Waals surface area contributed by atoms with Gasteiger partial charge in [0.15, 0.2) is 0 Å². The summed E-state index contributed by atoms with van der Waals surface area (Å²) >= 11 is 0. The molecule has 1 aromatic rings. The number of nitrogens with zero attached hydrogens (tertiary/aromatic N) is 3. The highest BCUT2D eigenvalue weighted by Gasteiger charge is 2.36. The maximum absolute atomic E-state index is 13.1. The van der Waals surface area contributed by atoms with Gasteiger partial charge in [-0.05, 0) is 49.4 Å². The molecule has 0 bridgehead atoms. The highest BCUT2D eigenvalue weighted by atomic mass is 19.1. The van der Waals surface area contributed by atoms with E-state index in [0.29, 0.717) is 30.4 Å². The fourth-order valence-corrected chi connectivity index (χ4v) is 3.34. The Kier molecular flexibility index (Phi) is 5.01. The van der Waals surface area contributed by atoms with Crippen LogP contribution >= 0.6 is 0 Å². The molecule has 7 heteroatoms. The molecule has 2 N–H and O–H groups in total. The number of carbonyl (C=O) groups excluding carboxylic acids is 2. The van der Waals surface area contributed by atoms with E-state index in [4.69, 9.17) is 5.73 Å². The minimum atomic E-state index is -0.727. The molecule has 2 atom stereocenters. The Morgan fingerprint density at radius 1 is 1.20 bits per heavy atom. The van der Waals surface area contributed by atoms with E-state index in [1.807, 2.05) is 4.90 Å². The first kappa shape index (κ1) is 17.4. The van der Waals surface area contributed by atoms with Gasteiger partial charge in [0.1, 0.15) is 17.6 Å². The van der Waals surface area contributed by atoms with E-state index in [0.717, 1.165) is 19.3 Å². The number of likely N-dealkylation sites (tertiary alicyclic amines) is 1. The summed E-state index contributed by atoms with van der Waals surface area (Å²) in [5.41, 5.74) is 6.36. The van der Waals surface area contributed by atoms with Crippen molar-refractivity contribution in [2.75, 3.05) is 18.1 Å². The van der Waals surface area contributed by atoms with Crippen LogP contribution in [0.3, 0.4) is 0 Å². The lowest BCUT2D eigenvalue weighted by molar-refractivity contribution is -0.124. The van der Waals surface area contributed by atoms with E-state index in [2.05, 4.69) is 12.0 Å². The molecule has 1 aromatic carbocycles. The van der Waals surface area contributed by atoms with Gasteiger partial charge in [-0.3, -0.25) is 14.6 Å². The molecule has 1 fully saturated rings. The number of hydrazone groups is 1. The highest BCUT2D eigenvalue weighted by Crippen LogP contribution is 2.26. The molecule has 2 heterocycles. The first-order valence-electron chi connectivity index (χ1n) is 8.66. The fraction of sp³-hybridized carbons (Fsp3) is 0.500. The van der Waals surface area contributed by atoms with Crippen LogP contribution in [-0.2, 0) is 9.59 Å². The van der Waals surface area contributed by atoms with E-state index < -0.39 is 11.9 Å².